The Kier molecular flexibility index (Phi) is 6.71. The van der Waals surface area contributed by atoms with Crippen molar-refractivity contribution in [1.29, 1.82) is 0 Å². The van der Waals surface area contributed by atoms with Gasteiger partial charge in [-0.1, -0.05) is 42.1 Å². The fourth-order valence-electron chi connectivity index (χ4n) is 2.81. The molecule has 146 valence electrons. The molecule has 0 saturated heterocycles. The Labute approximate surface area is 169 Å². The van der Waals surface area contributed by atoms with Gasteiger partial charge in [0.05, 0.1) is 5.75 Å². The molecule has 1 atom stereocenters. The zero-order valence-electron chi connectivity index (χ0n) is 16.3. The monoisotopic (exact) mass is 396 g/mol. The average Bonchev–Trinajstić information content (AvgIpc) is 3.10. The number of anilines is 1. The number of aromatic nitrogens is 3. The van der Waals surface area contributed by atoms with Gasteiger partial charge in [0.2, 0.25) is 5.91 Å². The van der Waals surface area contributed by atoms with E-state index in [1.165, 1.54) is 11.8 Å². The van der Waals surface area contributed by atoms with E-state index in [0.717, 1.165) is 22.8 Å². The van der Waals surface area contributed by atoms with Gasteiger partial charge in [0, 0.05) is 12.2 Å². The van der Waals surface area contributed by atoms with Crippen LogP contribution in [0, 0.1) is 6.92 Å². The maximum absolute atomic E-state index is 12.3. The number of benzene rings is 2. The molecule has 0 aliphatic carbocycles. The summed E-state index contributed by atoms with van der Waals surface area (Å²) in [7, 11) is 0. The molecule has 6 nitrogen and oxygen atoms in total. The second-order valence-corrected chi connectivity index (χ2v) is 7.31. The van der Waals surface area contributed by atoms with Crippen LogP contribution < -0.4 is 10.1 Å². The van der Waals surface area contributed by atoms with E-state index in [1.54, 1.807) is 0 Å². The predicted molar refractivity (Wildman–Crippen MR) is 112 cm³/mol. The number of thioether (sulfide) groups is 1. The molecule has 1 N–H and O–H groups in total. The van der Waals surface area contributed by atoms with E-state index in [9.17, 15) is 4.79 Å². The first-order valence-corrected chi connectivity index (χ1v) is 10.2. The number of rotatable bonds is 8. The molecular weight excluding hydrogens is 372 g/mol. The number of nitrogens with zero attached hydrogens (tertiary/aromatic N) is 3. The first kappa shape index (κ1) is 19.9. The molecule has 1 amide bonds. The maximum atomic E-state index is 12.3. The number of amides is 1. The van der Waals surface area contributed by atoms with Crippen molar-refractivity contribution in [2.75, 3.05) is 11.1 Å². The van der Waals surface area contributed by atoms with Gasteiger partial charge in [-0.25, -0.2) is 0 Å². The summed E-state index contributed by atoms with van der Waals surface area (Å²) < 4.78 is 7.94. The van der Waals surface area contributed by atoms with Gasteiger partial charge in [0.1, 0.15) is 5.75 Å². The van der Waals surface area contributed by atoms with Crippen LogP contribution in [-0.2, 0) is 11.3 Å². The lowest BCUT2D eigenvalue weighted by molar-refractivity contribution is -0.113. The van der Waals surface area contributed by atoms with Gasteiger partial charge in [-0.15, -0.1) is 10.2 Å². The van der Waals surface area contributed by atoms with Crippen LogP contribution in [0.15, 0.2) is 59.8 Å². The Morgan fingerprint density at radius 2 is 1.96 bits per heavy atom. The topological polar surface area (TPSA) is 69.0 Å². The number of aryl methyl sites for hydroxylation is 1. The molecule has 2 aromatic carbocycles. The smallest absolute Gasteiger partial charge is 0.234 e. The van der Waals surface area contributed by atoms with Gasteiger partial charge in [-0.2, -0.15) is 0 Å². The zero-order chi connectivity index (χ0) is 19.9. The van der Waals surface area contributed by atoms with Gasteiger partial charge in [-0.3, -0.25) is 4.79 Å². The molecule has 0 bridgehead atoms. The van der Waals surface area contributed by atoms with Gasteiger partial charge in [-0.05, 0) is 50.6 Å². The van der Waals surface area contributed by atoms with E-state index in [0.29, 0.717) is 11.7 Å². The number of carbonyl (C=O) groups excluding carboxylic acids is 1. The summed E-state index contributed by atoms with van der Waals surface area (Å²) in [6.07, 6.45) is -0.245. The third-order valence-electron chi connectivity index (χ3n) is 4.12. The molecule has 0 radical (unpaired) electrons. The van der Waals surface area contributed by atoms with Crippen LogP contribution in [0.5, 0.6) is 5.75 Å². The summed E-state index contributed by atoms with van der Waals surface area (Å²) in [5.74, 6) is 1.72. The lowest BCUT2D eigenvalue weighted by Crippen LogP contribution is -2.15. The highest BCUT2D eigenvalue weighted by Crippen LogP contribution is 2.24. The minimum atomic E-state index is -0.245. The minimum Gasteiger partial charge on any atom is -0.483 e. The van der Waals surface area contributed by atoms with Gasteiger partial charge >= 0.3 is 0 Å². The van der Waals surface area contributed by atoms with Crippen LogP contribution in [0.1, 0.15) is 31.3 Å². The lowest BCUT2D eigenvalue weighted by Gasteiger charge is -2.15. The molecule has 28 heavy (non-hydrogen) atoms. The van der Waals surface area contributed by atoms with Crippen molar-refractivity contribution >= 4 is 23.4 Å². The van der Waals surface area contributed by atoms with Crippen LogP contribution in [0.2, 0.25) is 0 Å². The SMILES string of the molecule is CCn1c(SCC(=O)Nc2cccc(C)c2)nnc1[C@H](C)Oc1ccccc1. The number of ether oxygens (including phenoxy) is 1. The van der Waals surface area contributed by atoms with E-state index in [4.69, 9.17) is 4.74 Å². The zero-order valence-corrected chi connectivity index (χ0v) is 17.1. The van der Waals surface area contributed by atoms with E-state index < -0.39 is 0 Å². The normalized spacial score (nSPS) is 11.8. The second-order valence-electron chi connectivity index (χ2n) is 6.36. The van der Waals surface area contributed by atoms with Crippen molar-refractivity contribution in [3.63, 3.8) is 0 Å². The summed E-state index contributed by atoms with van der Waals surface area (Å²) in [5.41, 5.74) is 1.90. The standard InChI is InChI=1S/C21H24N4O2S/c1-4-25-20(16(3)27-18-11-6-5-7-12-18)23-24-21(25)28-14-19(26)22-17-10-8-9-15(2)13-17/h5-13,16H,4,14H2,1-3H3,(H,22,26)/t16-/m0/s1. The molecule has 3 rings (SSSR count). The van der Waals surface area contributed by atoms with Crippen molar-refractivity contribution in [2.45, 2.75) is 38.6 Å². The molecule has 1 aromatic heterocycles. The Morgan fingerprint density at radius 3 is 2.68 bits per heavy atom. The predicted octanol–water partition coefficient (Wildman–Crippen LogP) is 4.48. The number of para-hydroxylation sites is 1. The fourth-order valence-corrected chi connectivity index (χ4v) is 3.62. The number of hydrogen-bond donors (Lipinski definition) is 1. The molecule has 0 saturated carbocycles. The number of nitrogens with one attached hydrogen (secondary N) is 1. The molecule has 0 fully saturated rings. The number of carbonyl (C=O) groups is 1. The van der Waals surface area contributed by atoms with Crippen molar-refractivity contribution in [1.82, 2.24) is 14.8 Å². The van der Waals surface area contributed by atoms with Crippen LogP contribution in [0.25, 0.3) is 0 Å². The molecule has 1 heterocycles. The largest absolute Gasteiger partial charge is 0.483 e. The van der Waals surface area contributed by atoms with Gasteiger partial charge in [0.15, 0.2) is 17.1 Å². The van der Waals surface area contributed by atoms with Gasteiger partial charge in [0.25, 0.3) is 0 Å². The summed E-state index contributed by atoms with van der Waals surface area (Å²) in [6.45, 7) is 6.67. The summed E-state index contributed by atoms with van der Waals surface area (Å²) in [4.78, 5) is 12.3. The lowest BCUT2D eigenvalue weighted by atomic mass is 10.2. The molecule has 0 aliphatic rings. The van der Waals surface area contributed by atoms with Crippen molar-refractivity contribution in [2.24, 2.45) is 0 Å². The first-order chi connectivity index (χ1) is 13.6. The quantitative estimate of drug-likeness (QED) is 0.569. The van der Waals surface area contributed by atoms with Gasteiger partial charge < -0.3 is 14.6 Å². The fraction of sp³-hybridized carbons (Fsp3) is 0.286. The summed E-state index contributed by atoms with van der Waals surface area (Å²) in [6, 6.07) is 17.4. The first-order valence-electron chi connectivity index (χ1n) is 9.21. The second kappa shape index (κ2) is 9.41. The van der Waals surface area contributed by atoms with E-state index >= 15 is 0 Å². The highest BCUT2D eigenvalue weighted by molar-refractivity contribution is 7.99. The highest BCUT2D eigenvalue weighted by Gasteiger charge is 2.19. The maximum Gasteiger partial charge on any atom is 0.234 e. The highest BCUT2D eigenvalue weighted by atomic mass is 32.2. The Hall–Kier alpha value is -2.80. The average molecular weight is 397 g/mol. The molecule has 3 aromatic rings. The molecule has 7 heteroatoms. The van der Waals surface area contributed by atoms with Crippen LogP contribution in [0.3, 0.4) is 0 Å². The Morgan fingerprint density at radius 1 is 1.18 bits per heavy atom. The van der Waals surface area contributed by atoms with Crippen molar-refractivity contribution in [3.05, 3.63) is 66.0 Å². The van der Waals surface area contributed by atoms with Crippen LogP contribution in [-0.4, -0.2) is 26.4 Å². The molecular formula is C21H24N4O2S. The van der Waals surface area contributed by atoms with Crippen molar-refractivity contribution in [3.8, 4) is 5.75 Å². The number of hydrogen-bond acceptors (Lipinski definition) is 5. The molecule has 0 spiro atoms. The van der Waals surface area contributed by atoms with E-state index in [1.807, 2.05) is 79.9 Å². The third kappa shape index (κ3) is 5.13. The summed E-state index contributed by atoms with van der Waals surface area (Å²) in [5, 5.41) is 12.2. The summed E-state index contributed by atoms with van der Waals surface area (Å²) >= 11 is 1.37. The van der Waals surface area contributed by atoms with E-state index in [-0.39, 0.29) is 17.8 Å². The molecule has 0 aliphatic heterocycles. The van der Waals surface area contributed by atoms with Crippen molar-refractivity contribution < 1.29 is 9.53 Å². The Balaban J connectivity index is 1.62. The van der Waals surface area contributed by atoms with Crippen LogP contribution >= 0.6 is 11.8 Å². The van der Waals surface area contributed by atoms with E-state index in [2.05, 4.69) is 15.5 Å². The third-order valence-corrected chi connectivity index (χ3v) is 5.08. The Bertz CT molecular complexity index is 927. The molecule has 0 unspecified atom stereocenters. The minimum absolute atomic E-state index is 0.0728. The van der Waals surface area contributed by atoms with Crippen LogP contribution in [0.4, 0.5) is 5.69 Å².